The predicted molar refractivity (Wildman–Crippen MR) is 67.9 cm³/mol. The van der Waals surface area contributed by atoms with Crippen molar-refractivity contribution in [2.45, 2.75) is 26.6 Å². The second-order valence-corrected chi connectivity index (χ2v) is 4.24. The fourth-order valence-corrected chi connectivity index (χ4v) is 1.61. The van der Waals surface area contributed by atoms with E-state index in [4.69, 9.17) is 5.73 Å². The van der Waals surface area contributed by atoms with Gasteiger partial charge in [-0.3, -0.25) is 9.48 Å². The van der Waals surface area contributed by atoms with Crippen LogP contribution in [-0.2, 0) is 24.4 Å². The molecule has 0 fully saturated rings. The van der Waals surface area contributed by atoms with Crippen molar-refractivity contribution in [3.63, 3.8) is 0 Å². The fourth-order valence-electron chi connectivity index (χ4n) is 1.61. The van der Waals surface area contributed by atoms with Gasteiger partial charge in [0.1, 0.15) is 6.54 Å². The number of hydrogen-bond acceptors (Lipinski definition) is 5. The maximum Gasteiger partial charge on any atom is 0.241 e. The van der Waals surface area contributed by atoms with E-state index in [9.17, 15) is 4.79 Å². The lowest BCUT2D eigenvalue weighted by Crippen LogP contribution is -2.30. The van der Waals surface area contributed by atoms with Crippen LogP contribution in [0.1, 0.15) is 11.3 Å². The molecule has 8 nitrogen and oxygen atoms in total. The van der Waals surface area contributed by atoms with Gasteiger partial charge in [0.2, 0.25) is 5.91 Å². The molecule has 0 aromatic carbocycles. The van der Waals surface area contributed by atoms with Gasteiger partial charge in [0.25, 0.3) is 0 Å². The molecule has 0 aliphatic carbocycles. The largest absolute Gasteiger partial charge is 0.353 e. The van der Waals surface area contributed by atoms with E-state index in [-0.39, 0.29) is 12.5 Å². The van der Waals surface area contributed by atoms with Crippen molar-refractivity contribution in [3.8, 4) is 0 Å². The first-order chi connectivity index (χ1) is 9.17. The molecule has 0 radical (unpaired) electrons. The Morgan fingerprint density at radius 2 is 2.26 bits per heavy atom. The highest BCUT2D eigenvalue weighted by atomic mass is 16.2. The fraction of sp³-hybridized carbons (Fsp3) is 0.455. The molecule has 2 heterocycles. The van der Waals surface area contributed by atoms with Crippen molar-refractivity contribution in [1.82, 2.24) is 30.1 Å². The number of nitrogens with one attached hydrogen (secondary N) is 1. The van der Waals surface area contributed by atoms with Crippen molar-refractivity contribution in [1.29, 1.82) is 0 Å². The molecule has 0 saturated heterocycles. The van der Waals surface area contributed by atoms with Crippen LogP contribution in [0.25, 0.3) is 0 Å². The molecule has 1 amide bonds. The molecule has 0 aliphatic rings. The van der Waals surface area contributed by atoms with E-state index in [2.05, 4.69) is 20.7 Å². The summed E-state index contributed by atoms with van der Waals surface area (Å²) in [6.07, 6.45) is 5.37. The second-order valence-electron chi connectivity index (χ2n) is 4.24. The van der Waals surface area contributed by atoms with Gasteiger partial charge in [-0.15, -0.1) is 5.10 Å². The van der Waals surface area contributed by atoms with Crippen LogP contribution in [0, 0.1) is 6.92 Å². The molecule has 2 aromatic heterocycles. The number of rotatable bonds is 6. The summed E-state index contributed by atoms with van der Waals surface area (Å²) < 4.78 is 3.26. The maximum absolute atomic E-state index is 11.6. The maximum atomic E-state index is 11.6. The Kier molecular flexibility index (Phi) is 4.24. The summed E-state index contributed by atoms with van der Waals surface area (Å²) in [7, 11) is 0. The number of carbonyl (C=O) groups excluding carboxylic acids is 1. The minimum absolute atomic E-state index is 0.114. The second kappa shape index (κ2) is 6.10. The number of nitrogens with zero attached hydrogens (tertiary/aromatic N) is 5. The normalized spacial score (nSPS) is 10.6. The summed E-state index contributed by atoms with van der Waals surface area (Å²) >= 11 is 0. The van der Waals surface area contributed by atoms with Gasteiger partial charge in [-0.1, -0.05) is 5.21 Å². The van der Waals surface area contributed by atoms with Crippen LogP contribution in [0.2, 0.25) is 0 Å². The van der Waals surface area contributed by atoms with Gasteiger partial charge >= 0.3 is 0 Å². The zero-order chi connectivity index (χ0) is 13.7. The minimum atomic E-state index is -0.114. The molecular formula is C11H17N7O. The molecule has 0 aliphatic heterocycles. The average molecular weight is 263 g/mol. The van der Waals surface area contributed by atoms with E-state index in [0.717, 1.165) is 5.56 Å². The van der Waals surface area contributed by atoms with E-state index < -0.39 is 0 Å². The Morgan fingerprint density at radius 3 is 2.89 bits per heavy atom. The molecule has 19 heavy (non-hydrogen) atoms. The summed E-state index contributed by atoms with van der Waals surface area (Å²) in [5, 5.41) is 14.5. The molecule has 3 N–H and O–H groups in total. The third-order valence-corrected chi connectivity index (χ3v) is 2.53. The van der Waals surface area contributed by atoms with E-state index >= 15 is 0 Å². The predicted octanol–water partition coefficient (Wildman–Crippen LogP) is -0.942. The molecule has 2 rings (SSSR count). The summed E-state index contributed by atoms with van der Waals surface area (Å²) in [4.78, 5) is 11.6. The number of aromatic nitrogens is 5. The van der Waals surface area contributed by atoms with Crippen molar-refractivity contribution in [2.24, 2.45) is 5.73 Å². The Labute approximate surface area is 110 Å². The Balaban J connectivity index is 1.72. The highest BCUT2D eigenvalue weighted by Gasteiger charge is 2.05. The first kappa shape index (κ1) is 13.2. The number of hydrogen-bond donors (Lipinski definition) is 2. The lowest BCUT2D eigenvalue weighted by atomic mass is 10.4. The first-order valence-electron chi connectivity index (χ1n) is 6.02. The van der Waals surface area contributed by atoms with Gasteiger partial charge in [-0.05, 0) is 12.5 Å². The lowest BCUT2D eigenvalue weighted by molar-refractivity contribution is -0.121. The molecule has 0 saturated carbocycles. The zero-order valence-electron chi connectivity index (χ0n) is 10.8. The number of nitrogens with two attached hydrogens (primary N) is 1. The molecule has 0 spiro atoms. The standard InChI is InChI=1S/C11H17N7O/c1-9-5-14-17(6-9)3-2-13-11(19)8-18-7-10(4-12)15-16-18/h5-7H,2-4,8,12H2,1H3,(H,13,19). The van der Waals surface area contributed by atoms with Crippen LogP contribution in [-0.4, -0.2) is 37.2 Å². The van der Waals surface area contributed by atoms with Crippen molar-refractivity contribution in [3.05, 3.63) is 29.8 Å². The highest BCUT2D eigenvalue weighted by Crippen LogP contribution is 1.93. The van der Waals surface area contributed by atoms with Crippen LogP contribution in [0.3, 0.4) is 0 Å². The van der Waals surface area contributed by atoms with Crippen LogP contribution in [0.15, 0.2) is 18.6 Å². The minimum Gasteiger partial charge on any atom is -0.353 e. The first-order valence-corrected chi connectivity index (χ1v) is 6.02. The topological polar surface area (TPSA) is 104 Å². The third-order valence-electron chi connectivity index (χ3n) is 2.53. The highest BCUT2D eigenvalue weighted by molar-refractivity contribution is 5.75. The van der Waals surface area contributed by atoms with Gasteiger partial charge in [-0.25, -0.2) is 4.68 Å². The number of carbonyl (C=O) groups is 1. The molecule has 102 valence electrons. The quantitative estimate of drug-likeness (QED) is 0.700. The molecule has 0 unspecified atom stereocenters. The number of aryl methyl sites for hydroxylation is 1. The zero-order valence-corrected chi connectivity index (χ0v) is 10.8. The Bertz CT molecular complexity index is 545. The van der Waals surface area contributed by atoms with Gasteiger partial charge in [-0.2, -0.15) is 5.10 Å². The van der Waals surface area contributed by atoms with Gasteiger partial charge in [0.15, 0.2) is 0 Å². The Morgan fingerprint density at radius 1 is 1.42 bits per heavy atom. The van der Waals surface area contributed by atoms with E-state index in [1.165, 1.54) is 4.68 Å². The van der Waals surface area contributed by atoms with Crippen LogP contribution >= 0.6 is 0 Å². The Hall–Kier alpha value is -2.22. The van der Waals surface area contributed by atoms with Crippen LogP contribution < -0.4 is 11.1 Å². The van der Waals surface area contributed by atoms with Crippen LogP contribution in [0.5, 0.6) is 0 Å². The third kappa shape index (κ3) is 3.88. The molecule has 8 heteroatoms. The van der Waals surface area contributed by atoms with E-state index in [0.29, 0.717) is 25.3 Å². The smallest absolute Gasteiger partial charge is 0.241 e. The average Bonchev–Trinajstić information content (AvgIpc) is 2.98. The van der Waals surface area contributed by atoms with Crippen molar-refractivity contribution >= 4 is 5.91 Å². The monoisotopic (exact) mass is 263 g/mol. The van der Waals surface area contributed by atoms with Crippen LogP contribution in [0.4, 0.5) is 0 Å². The van der Waals surface area contributed by atoms with Crippen molar-refractivity contribution in [2.75, 3.05) is 6.54 Å². The van der Waals surface area contributed by atoms with Gasteiger partial charge < -0.3 is 11.1 Å². The van der Waals surface area contributed by atoms with Gasteiger partial charge in [0.05, 0.1) is 24.6 Å². The molecule has 0 atom stereocenters. The lowest BCUT2D eigenvalue weighted by Gasteiger charge is -2.05. The summed E-state index contributed by atoms with van der Waals surface area (Å²) in [6, 6.07) is 0. The van der Waals surface area contributed by atoms with E-state index in [1.54, 1.807) is 17.1 Å². The molecule has 2 aromatic rings. The summed E-state index contributed by atoms with van der Waals surface area (Å²) in [6.45, 7) is 3.61. The number of amides is 1. The summed E-state index contributed by atoms with van der Waals surface area (Å²) in [5.41, 5.74) is 7.18. The SMILES string of the molecule is Cc1cnn(CCNC(=O)Cn2cc(CN)nn2)c1. The van der Waals surface area contributed by atoms with Crippen molar-refractivity contribution < 1.29 is 4.79 Å². The molecule has 0 bridgehead atoms. The van der Waals surface area contributed by atoms with Gasteiger partial charge in [0, 0.05) is 19.3 Å². The summed E-state index contributed by atoms with van der Waals surface area (Å²) in [5.74, 6) is -0.114. The molecular weight excluding hydrogens is 246 g/mol. The van der Waals surface area contributed by atoms with E-state index in [1.807, 2.05) is 13.1 Å².